The second-order valence-corrected chi connectivity index (χ2v) is 8.87. The van der Waals surface area contributed by atoms with E-state index in [2.05, 4.69) is 16.2 Å². The van der Waals surface area contributed by atoms with E-state index >= 15 is 0 Å². The van der Waals surface area contributed by atoms with Crippen LogP contribution in [0.15, 0.2) is 53.4 Å². The number of aryl methyl sites for hydroxylation is 1. The lowest BCUT2D eigenvalue weighted by molar-refractivity contribution is -0.121. The Kier molecular flexibility index (Phi) is 6.09. The number of sulfonamides is 1. The molecule has 9 heteroatoms. The molecule has 28 heavy (non-hydrogen) atoms. The molecule has 1 heterocycles. The Morgan fingerprint density at radius 1 is 1.21 bits per heavy atom. The maximum absolute atomic E-state index is 13.4. The summed E-state index contributed by atoms with van der Waals surface area (Å²) in [4.78, 5) is 12.4. The van der Waals surface area contributed by atoms with Crippen molar-refractivity contribution < 1.29 is 17.6 Å². The van der Waals surface area contributed by atoms with E-state index in [0.29, 0.717) is 6.42 Å². The van der Waals surface area contributed by atoms with Crippen LogP contribution in [0.5, 0.6) is 0 Å². The van der Waals surface area contributed by atoms with Crippen molar-refractivity contribution in [1.29, 1.82) is 0 Å². The largest absolute Gasteiger partial charge is 0.338 e. The zero-order valence-electron chi connectivity index (χ0n) is 15.6. The normalized spacial score (nSPS) is 19.7. The molecule has 3 rings (SSSR count). The maximum Gasteiger partial charge on any atom is 0.243 e. The molecule has 1 saturated heterocycles. The minimum Gasteiger partial charge on any atom is -0.338 e. The number of nitrogens with zero attached hydrogens (tertiary/aromatic N) is 1. The van der Waals surface area contributed by atoms with Crippen LogP contribution in [0.25, 0.3) is 0 Å². The van der Waals surface area contributed by atoms with Gasteiger partial charge < -0.3 is 5.32 Å². The van der Waals surface area contributed by atoms with Crippen molar-refractivity contribution in [3.05, 3.63) is 65.5 Å². The predicted molar refractivity (Wildman–Crippen MR) is 103 cm³/mol. The Morgan fingerprint density at radius 2 is 1.93 bits per heavy atom. The topological polar surface area (TPSA) is 90.5 Å². The molecule has 0 spiro atoms. The molecule has 0 aromatic heterocycles. The quantitative estimate of drug-likeness (QED) is 0.675. The number of benzene rings is 2. The molecule has 2 aromatic carbocycles. The van der Waals surface area contributed by atoms with Gasteiger partial charge in [0.2, 0.25) is 15.9 Å². The van der Waals surface area contributed by atoms with Gasteiger partial charge in [0, 0.05) is 19.5 Å². The number of carbonyl (C=O) groups is 1. The van der Waals surface area contributed by atoms with Gasteiger partial charge in [0.25, 0.3) is 0 Å². The van der Waals surface area contributed by atoms with E-state index in [4.69, 9.17) is 0 Å². The molecule has 0 saturated carbocycles. The molecule has 1 aliphatic heterocycles. The van der Waals surface area contributed by atoms with Gasteiger partial charge in [-0.1, -0.05) is 29.8 Å². The monoisotopic (exact) mass is 406 g/mol. The molecule has 2 unspecified atom stereocenters. The first-order valence-electron chi connectivity index (χ1n) is 8.84. The van der Waals surface area contributed by atoms with E-state index in [0.717, 1.165) is 15.4 Å². The van der Waals surface area contributed by atoms with Crippen molar-refractivity contribution in [1.82, 2.24) is 20.5 Å². The molecule has 1 amide bonds. The summed E-state index contributed by atoms with van der Waals surface area (Å²) in [6.07, 6.45) is 0.111. The number of carbonyl (C=O) groups excluding carboxylic acids is 1. The first kappa shape index (κ1) is 20.4. The van der Waals surface area contributed by atoms with Gasteiger partial charge in [-0.15, -0.1) is 0 Å². The van der Waals surface area contributed by atoms with Crippen molar-refractivity contribution in [2.75, 3.05) is 13.6 Å². The SMILES string of the molecule is Cc1ccc(S(=O)(=O)N(C)CC(=O)NC2CC(c3cccc(F)c3)NN2)cc1. The van der Waals surface area contributed by atoms with Crippen molar-refractivity contribution in [2.24, 2.45) is 0 Å². The fourth-order valence-corrected chi connectivity index (χ4v) is 4.14. The van der Waals surface area contributed by atoms with Crippen molar-refractivity contribution >= 4 is 15.9 Å². The first-order chi connectivity index (χ1) is 13.3. The molecule has 150 valence electrons. The molecule has 3 N–H and O–H groups in total. The summed E-state index contributed by atoms with van der Waals surface area (Å²) in [7, 11) is -2.38. The first-order valence-corrected chi connectivity index (χ1v) is 10.3. The van der Waals surface area contributed by atoms with Crippen LogP contribution in [0.1, 0.15) is 23.6 Å². The smallest absolute Gasteiger partial charge is 0.243 e. The third-order valence-corrected chi connectivity index (χ3v) is 6.40. The number of amides is 1. The van der Waals surface area contributed by atoms with Crippen LogP contribution in [0, 0.1) is 12.7 Å². The van der Waals surface area contributed by atoms with E-state index in [1.54, 1.807) is 24.3 Å². The molecule has 2 atom stereocenters. The van der Waals surface area contributed by atoms with Crippen LogP contribution in [0.4, 0.5) is 4.39 Å². The van der Waals surface area contributed by atoms with Crippen LogP contribution in [0.2, 0.25) is 0 Å². The van der Waals surface area contributed by atoms with Gasteiger partial charge in [0.1, 0.15) is 5.82 Å². The highest BCUT2D eigenvalue weighted by molar-refractivity contribution is 7.89. The van der Waals surface area contributed by atoms with Crippen molar-refractivity contribution in [2.45, 2.75) is 30.4 Å². The number of hydrogen-bond acceptors (Lipinski definition) is 5. The lowest BCUT2D eigenvalue weighted by atomic mass is 10.0. The van der Waals surface area contributed by atoms with Crippen LogP contribution in [-0.4, -0.2) is 38.4 Å². The zero-order valence-corrected chi connectivity index (χ0v) is 16.5. The molecule has 2 aromatic rings. The average molecular weight is 406 g/mol. The summed E-state index contributed by atoms with van der Waals surface area (Å²) >= 11 is 0. The lowest BCUT2D eigenvalue weighted by Gasteiger charge is -2.19. The highest BCUT2D eigenvalue weighted by Crippen LogP contribution is 2.22. The van der Waals surface area contributed by atoms with E-state index in [1.165, 1.54) is 31.3 Å². The number of hydrazine groups is 1. The minimum absolute atomic E-state index is 0.139. The fourth-order valence-electron chi connectivity index (χ4n) is 3.01. The zero-order chi connectivity index (χ0) is 20.3. The van der Waals surface area contributed by atoms with Crippen molar-refractivity contribution in [3.63, 3.8) is 0 Å². The van der Waals surface area contributed by atoms with Crippen LogP contribution >= 0.6 is 0 Å². The number of likely N-dealkylation sites (N-methyl/N-ethyl adjacent to an activating group) is 1. The van der Waals surface area contributed by atoms with Gasteiger partial charge in [0.05, 0.1) is 17.6 Å². The molecule has 0 radical (unpaired) electrons. The Balaban J connectivity index is 1.56. The Hall–Kier alpha value is -2.33. The predicted octanol–water partition coefficient (Wildman–Crippen LogP) is 1.44. The maximum atomic E-state index is 13.4. The van der Waals surface area contributed by atoms with Gasteiger partial charge in [-0.05, 0) is 36.8 Å². The number of hydrogen-bond donors (Lipinski definition) is 3. The third-order valence-electron chi connectivity index (χ3n) is 4.58. The highest BCUT2D eigenvalue weighted by atomic mass is 32.2. The molecule has 0 aliphatic carbocycles. The second-order valence-electron chi connectivity index (χ2n) is 6.83. The van der Waals surface area contributed by atoms with Gasteiger partial charge >= 0.3 is 0 Å². The fraction of sp³-hybridized carbons (Fsp3) is 0.316. The third kappa shape index (κ3) is 4.74. The number of nitrogens with one attached hydrogen (secondary N) is 3. The van der Waals surface area contributed by atoms with Gasteiger partial charge in [-0.3, -0.25) is 4.79 Å². The van der Waals surface area contributed by atoms with Crippen molar-refractivity contribution in [3.8, 4) is 0 Å². The molecular weight excluding hydrogens is 383 g/mol. The van der Waals surface area contributed by atoms with E-state index in [1.807, 2.05) is 6.92 Å². The van der Waals surface area contributed by atoms with Crippen LogP contribution in [-0.2, 0) is 14.8 Å². The van der Waals surface area contributed by atoms with Gasteiger partial charge in [0.15, 0.2) is 0 Å². The summed E-state index contributed by atoms with van der Waals surface area (Å²) in [5.74, 6) is -0.757. The molecule has 7 nitrogen and oxygen atoms in total. The van der Waals surface area contributed by atoms with E-state index in [9.17, 15) is 17.6 Å². The van der Waals surface area contributed by atoms with Gasteiger partial charge in [-0.25, -0.2) is 23.7 Å². The number of rotatable bonds is 6. The summed E-state index contributed by atoms with van der Waals surface area (Å²) < 4.78 is 39.5. The summed E-state index contributed by atoms with van der Waals surface area (Å²) in [5, 5.41) is 2.74. The highest BCUT2D eigenvalue weighted by Gasteiger charge is 2.28. The Morgan fingerprint density at radius 3 is 2.61 bits per heavy atom. The van der Waals surface area contributed by atoms with E-state index < -0.39 is 22.1 Å². The summed E-state index contributed by atoms with van der Waals surface area (Å²) in [6, 6.07) is 12.5. The molecular formula is C19H23FN4O3S. The number of halogens is 1. The Labute approximate surface area is 164 Å². The molecule has 1 fully saturated rings. The second kappa shape index (κ2) is 8.36. The van der Waals surface area contributed by atoms with Crippen LogP contribution < -0.4 is 16.2 Å². The van der Waals surface area contributed by atoms with Gasteiger partial charge in [-0.2, -0.15) is 4.31 Å². The average Bonchev–Trinajstić information content (AvgIpc) is 3.10. The Bertz CT molecular complexity index is 950. The van der Waals surface area contributed by atoms with E-state index in [-0.39, 0.29) is 23.3 Å². The van der Waals surface area contributed by atoms with Crippen LogP contribution in [0.3, 0.4) is 0 Å². The summed E-state index contributed by atoms with van der Waals surface area (Å²) in [6.45, 7) is 1.56. The summed E-state index contributed by atoms with van der Waals surface area (Å²) in [5.41, 5.74) is 7.66. The standard InChI is InChI=1S/C19H23FN4O3S/c1-13-6-8-16(9-7-13)28(26,27)24(2)12-19(25)21-18-11-17(22-23-18)14-4-3-5-15(20)10-14/h3-10,17-18,22-23H,11-12H2,1-2H3,(H,21,25). The molecule has 0 bridgehead atoms. The lowest BCUT2D eigenvalue weighted by Crippen LogP contribution is -2.48. The molecule has 1 aliphatic rings. The minimum atomic E-state index is -3.75.